The number of ether oxygens (including phenoxy) is 1. The summed E-state index contributed by atoms with van der Waals surface area (Å²) in [5.74, 6) is -0.349. The van der Waals surface area contributed by atoms with Crippen molar-refractivity contribution in [2.24, 2.45) is 0 Å². The number of pyridine rings is 1. The third-order valence-electron chi connectivity index (χ3n) is 3.62. The predicted octanol–water partition coefficient (Wildman–Crippen LogP) is 3.98. The van der Waals surface area contributed by atoms with E-state index in [9.17, 15) is 9.59 Å². The van der Waals surface area contributed by atoms with Crippen LogP contribution in [-0.4, -0.2) is 17.1 Å². The molecule has 0 aliphatic rings. The first-order chi connectivity index (χ1) is 11.0. The van der Waals surface area contributed by atoms with Crippen molar-refractivity contribution in [3.63, 3.8) is 0 Å². The molecule has 2 aromatic carbocycles. The number of hydrogen-bond acceptors (Lipinski definition) is 3. The molecule has 23 heavy (non-hydrogen) atoms. The number of fused-ring (bicyclic) bond motifs is 2. The third kappa shape index (κ3) is 2.83. The number of carbonyl (C=O) groups excluding carboxylic acids is 1. The smallest absolute Gasteiger partial charge is 0.325 e. The molecule has 0 N–H and O–H groups in total. The van der Waals surface area contributed by atoms with Crippen molar-refractivity contribution in [3.05, 3.63) is 55.2 Å². The van der Waals surface area contributed by atoms with Gasteiger partial charge in [0.05, 0.1) is 26.2 Å². The van der Waals surface area contributed by atoms with Gasteiger partial charge in [-0.2, -0.15) is 0 Å². The standard InChI is InChI=1S/C17H13ClINO3/c1-2-23-14(21)9-20-13-6-4-3-5-10(13)17(22)11-7-8-12(18)15(19)16(11)20/h3-8H,2,9H2,1H3. The molecule has 0 aliphatic heterocycles. The highest BCUT2D eigenvalue weighted by Gasteiger charge is 2.17. The predicted molar refractivity (Wildman–Crippen MR) is 100 cm³/mol. The number of para-hydroxylation sites is 1. The summed E-state index contributed by atoms with van der Waals surface area (Å²) in [6, 6.07) is 10.7. The Labute approximate surface area is 151 Å². The van der Waals surface area contributed by atoms with Crippen LogP contribution in [0.15, 0.2) is 41.2 Å². The number of hydrogen-bond donors (Lipinski definition) is 0. The molecule has 3 rings (SSSR count). The van der Waals surface area contributed by atoms with Crippen LogP contribution in [0, 0.1) is 3.57 Å². The summed E-state index contributed by atoms with van der Waals surface area (Å²) in [7, 11) is 0. The molecule has 0 fully saturated rings. The first-order valence-electron chi connectivity index (χ1n) is 7.09. The van der Waals surface area contributed by atoms with Gasteiger partial charge in [-0.25, -0.2) is 0 Å². The van der Waals surface area contributed by atoms with Gasteiger partial charge in [0.2, 0.25) is 0 Å². The summed E-state index contributed by atoms with van der Waals surface area (Å²) in [5.41, 5.74) is 1.29. The van der Waals surface area contributed by atoms with E-state index in [0.717, 1.165) is 3.57 Å². The van der Waals surface area contributed by atoms with Crippen LogP contribution in [0.2, 0.25) is 5.02 Å². The fourth-order valence-electron chi connectivity index (χ4n) is 2.65. The second-order valence-electron chi connectivity index (χ2n) is 4.99. The fourth-order valence-corrected chi connectivity index (χ4v) is 3.57. The molecule has 1 aromatic heterocycles. The first-order valence-corrected chi connectivity index (χ1v) is 8.55. The van der Waals surface area contributed by atoms with Crippen molar-refractivity contribution >= 4 is 62.0 Å². The summed E-state index contributed by atoms with van der Waals surface area (Å²) in [5, 5.41) is 1.66. The molecular weight excluding hydrogens is 429 g/mol. The molecule has 0 spiro atoms. The van der Waals surface area contributed by atoms with E-state index in [1.807, 2.05) is 18.2 Å². The first kappa shape index (κ1) is 16.3. The van der Waals surface area contributed by atoms with Gasteiger partial charge in [-0.15, -0.1) is 0 Å². The van der Waals surface area contributed by atoms with Gasteiger partial charge in [0, 0.05) is 10.8 Å². The second kappa shape index (κ2) is 6.49. The molecule has 0 amide bonds. The van der Waals surface area contributed by atoms with Crippen molar-refractivity contribution in [3.8, 4) is 0 Å². The molecule has 0 saturated carbocycles. The van der Waals surface area contributed by atoms with Crippen LogP contribution in [0.5, 0.6) is 0 Å². The summed E-state index contributed by atoms with van der Waals surface area (Å²) in [6.07, 6.45) is 0. The number of rotatable bonds is 3. The highest BCUT2D eigenvalue weighted by Crippen LogP contribution is 2.29. The number of carbonyl (C=O) groups is 1. The summed E-state index contributed by atoms with van der Waals surface area (Å²) >= 11 is 8.32. The number of esters is 1. The van der Waals surface area contributed by atoms with Crippen LogP contribution in [0.4, 0.5) is 0 Å². The number of halogens is 2. The SMILES string of the molecule is CCOC(=O)Cn1c2ccccc2c(=O)c2ccc(Cl)c(I)c21. The molecule has 4 nitrogen and oxygen atoms in total. The molecule has 0 radical (unpaired) electrons. The van der Waals surface area contributed by atoms with Crippen LogP contribution in [0.1, 0.15) is 6.92 Å². The lowest BCUT2D eigenvalue weighted by Gasteiger charge is -2.16. The van der Waals surface area contributed by atoms with Crippen LogP contribution >= 0.6 is 34.2 Å². The Bertz CT molecular complexity index is 981. The Morgan fingerprint density at radius 3 is 2.70 bits per heavy atom. The van der Waals surface area contributed by atoms with Gasteiger partial charge >= 0.3 is 5.97 Å². The number of aromatic nitrogens is 1. The topological polar surface area (TPSA) is 48.3 Å². The Kier molecular flexibility index (Phi) is 4.59. The molecule has 0 unspecified atom stereocenters. The lowest BCUT2D eigenvalue weighted by Crippen LogP contribution is -2.18. The minimum Gasteiger partial charge on any atom is -0.465 e. The zero-order chi connectivity index (χ0) is 16.6. The van der Waals surface area contributed by atoms with E-state index in [1.54, 1.807) is 29.7 Å². The van der Waals surface area contributed by atoms with Crippen molar-refractivity contribution < 1.29 is 9.53 Å². The molecule has 0 aliphatic carbocycles. The monoisotopic (exact) mass is 441 g/mol. The van der Waals surface area contributed by atoms with Crippen LogP contribution < -0.4 is 5.43 Å². The lowest BCUT2D eigenvalue weighted by atomic mass is 10.1. The van der Waals surface area contributed by atoms with Gasteiger partial charge in [0.25, 0.3) is 0 Å². The highest BCUT2D eigenvalue weighted by atomic mass is 127. The Hall–Kier alpha value is -1.60. The largest absolute Gasteiger partial charge is 0.465 e. The van der Waals surface area contributed by atoms with Crippen molar-refractivity contribution in [1.82, 2.24) is 4.57 Å². The molecule has 0 saturated heterocycles. The summed E-state index contributed by atoms with van der Waals surface area (Å²) in [6.45, 7) is 2.11. The highest BCUT2D eigenvalue weighted by molar-refractivity contribution is 14.1. The Morgan fingerprint density at radius 1 is 1.22 bits per heavy atom. The molecule has 0 bridgehead atoms. The van der Waals surface area contributed by atoms with Crippen molar-refractivity contribution in [2.45, 2.75) is 13.5 Å². The van der Waals surface area contributed by atoms with Gasteiger partial charge < -0.3 is 9.30 Å². The maximum Gasteiger partial charge on any atom is 0.325 e. The second-order valence-corrected chi connectivity index (χ2v) is 6.48. The van der Waals surface area contributed by atoms with Gasteiger partial charge in [-0.1, -0.05) is 23.7 Å². The van der Waals surface area contributed by atoms with E-state index >= 15 is 0 Å². The maximum absolute atomic E-state index is 12.7. The minimum absolute atomic E-state index is 0.0292. The number of benzene rings is 2. The average Bonchev–Trinajstić information content (AvgIpc) is 2.54. The third-order valence-corrected chi connectivity index (χ3v) is 5.34. The lowest BCUT2D eigenvalue weighted by molar-refractivity contribution is -0.143. The fraction of sp³-hybridized carbons (Fsp3) is 0.176. The van der Waals surface area contributed by atoms with E-state index in [-0.39, 0.29) is 17.9 Å². The molecule has 6 heteroatoms. The number of nitrogens with zero attached hydrogens (tertiary/aromatic N) is 1. The molecule has 0 atom stereocenters. The van der Waals surface area contributed by atoms with Crippen molar-refractivity contribution in [1.29, 1.82) is 0 Å². The molecule has 1 heterocycles. The van der Waals surface area contributed by atoms with Gasteiger partial charge in [0.15, 0.2) is 5.43 Å². The minimum atomic E-state index is -0.349. The summed E-state index contributed by atoms with van der Waals surface area (Å²) in [4.78, 5) is 24.8. The Balaban J connectivity index is 2.45. The molecule has 118 valence electrons. The molecule has 3 aromatic rings. The van der Waals surface area contributed by atoms with E-state index in [4.69, 9.17) is 16.3 Å². The van der Waals surface area contributed by atoms with E-state index in [0.29, 0.717) is 33.4 Å². The summed E-state index contributed by atoms with van der Waals surface area (Å²) < 4.78 is 7.62. The van der Waals surface area contributed by atoms with Crippen LogP contribution in [0.25, 0.3) is 21.8 Å². The average molecular weight is 442 g/mol. The van der Waals surface area contributed by atoms with Gasteiger partial charge in [-0.05, 0) is 53.8 Å². The van der Waals surface area contributed by atoms with Crippen molar-refractivity contribution in [2.75, 3.05) is 6.61 Å². The zero-order valence-electron chi connectivity index (χ0n) is 12.3. The van der Waals surface area contributed by atoms with E-state index in [2.05, 4.69) is 22.6 Å². The van der Waals surface area contributed by atoms with Crippen LogP contribution in [-0.2, 0) is 16.1 Å². The molecular formula is C17H13ClINO3. The Morgan fingerprint density at radius 2 is 1.96 bits per heavy atom. The normalized spacial score (nSPS) is 11.1. The van der Waals surface area contributed by atoms with Crippen LogP contribution in [0.3, 0.4) is 0 Å². The van der Waals surface area contributed by atoms with E-state index in [1.165, 1.54) is 0 Å². The quantitative estimate of drug-likeness (QED) is 0.351. The zero-order valence-corrected chi connectivity index (χ0v) is 15.2. The maximum atomic E-state index is 12.7. The van der Waals surface area contributed by atoms with Gasteiger partial charge in [-0.3, -0.25) is 9.59 Å². The van der Waals surface area contributed by atoms with Gasteiger partial charge in [0.1, 0.15) is 6.54 Å². The van der Waals surface area contributed by atoms with E-state index < -0.39 is 0 Å².